The predicted molar refractivity (Wildman–Crippen MR) is 65.2 cm³/mol. The van der Waals surface area contributed by atoms with Crippen LogP contribution in [0.5, 0.6) is 0 Å². The fourth-order valence-electron chi connectivity index (χ4n) is 1.60. The van der Waals surface area contributed by atoms with Gasteiger partial charge in [-0.25, -0.2) is 0 Å². The van der Waals surface area contributed by atoms with E-state index in [1.807, 2.05) is 13.0 Å². The number of aromatic nitrogens is 3. The first-order valence-corrected chi connectivity index (χ1v) is 5.60. The van der Waals surface area contributed by atoms with Gasteiger partial charge in [-0.05, 0) is 25.1 Å². The fraction of sp³-hybridized carbons (Fsp3) is 0.231. The average Bonchev–Trinajstić information content (AvgIpc) is 2.75. The molecular weight excluding hydrogens is 230 g/mol. The third kappa shape index (κ3) is 3.10. The summed E-state index contributed by atoms with van der Waals surface area (Å²) in [5, 5.41) is 4.10. The van der Waals surface area contributed by atoms with Gasteiger partial charge in [0.25, 0.3) is 0 Å². The molecular formula is C13H13N3O2. The van der Waals surface area contributed by atoms with Crippen LogP contribution in [-0.2, 0) is 11.3 Å². The largest absolute Gasteiger partial charge is 0.297 e. The molecule has 2 rings (SSSR count). The van der Waals surface area contributed by atoms with Gasteiger partial charge in [-0.15, -0.1) is 0 Å². The van der Waals surface area contributed by atoms with Crippen molar-refractivity contribution in [2.24, 2.45) is 0 Å². The van der Waals surface area contributed by atoms with Crippen LogP contribution in [0.1, 0.15) is 22.5 Å². The summed E-state index contributed by atoms with van der Waals surface area (Å²) in [4.78, 5) is 27.3. The summed E-state index contributed by atoms with van der Waals surface area (Å²) in [5.74, 6) is -0.371. The second kappa shape index (κ2) is 5.35. The average molecular weight is 243 g/mol. The van der Waals surface area contributed by atoms with E-state index in [9.17, 15) is 9.59 Å². The monoisotopic (exact) mass is 243 g/mol. The van der Waals surface area contributed by atoms with Crippen LogP contribution in [0.15, 0.2) is 36.8 Å². The van der Waals surface area contributed by atoms with Crippen molar-refractivity contribution in [2.45, 2.75) is 19.9 Å². The molecule has 0 saturated carbocycles. The van der Waals surface area contributed by atoms with Crippen molar-refractivity contribution in [3.8, 4) is 0 Å². The number of rotatable bonds is 5. The molecule has 0 atom stereocenters. The van der Waals surface area contributed by atoms with Gasteiger partial charge in [0, 0.05) is 24.2 Å². The van der Waals surface area contributed by atoms with E-state index < -0.39 is 0 Å². The van der Waals surface area contributed by atoms with Gasteiger partial charge >= 0.3 is 0 Å². The van der Waals surface area contributed by atoms with E-state index in [0.717, 1.165) is 5.69 Å². The Kier molecular flexibility index (Phi) is 3.62. The van der Waals surface area contributed by atoms with Crippen molar-refractivity contribution in [1.82, 2.24) is 14.8 Å². The summed E-state index contributed by atoms with van der Waals surface area (Å²) in [6.45, 7) is 1.97. The molecule has 0 radical (unpaired) electrons. The smallest absolute Gasteiger partial charge is 0.171 e. The molecule has 5 heteroatoms. The fourth-order valence-corrected chi connectivity index (χ4v) is 1.60. The summed E-state index contributed by atoms with van der Waals surface area (Å²) in [5.41, 5.74) is 1.31. The second-order valence-corrected chi connectivity index (χ2v) is 4.04. The maximum atomic E-state index is 11.8. The van der Waals surface area contributed by atoms with Crippen LogP contribution >= 0.6 is 0 Å². The lowest BCUT2D eigenvalue weighted by atomic mass is 10.1. The summed E-state index contributed by atoms with van der Waals surface area (Å²) >= 11 is 0. The summed E-state index contributed by atoms with van der Waals surface area (Å²) in [6, 6.07) is 5.14. The molecule has 0 N–H and O–H groups in total. The Labute approximate surface area is 104 Å². The van der Waals surface area contributed by atoms with Crippen molar-refractivity contribution >= 4 is 11.6 Å². The molecule has 0 fully saturated rings. The normalized spacial score (nSPS) is 10.3. The zero-order valence-electron chi connectivity index (χ0n) is 10.0. The third-order valence-corrected chi connectivity index (χ3v) is 2.45. The lowest BCUT2D eigenvalue weighted by Crippen LogP contribution is -2.15. The number of hydrogen-bond donors (Lipinski definition) is 0. The number of aryl methyl sites for hydroxylation is 1. The van der Waals surface area contributed by atoms with E-state index in [2.05, 4.69) is 10.1 Å². The molecule has 0 spiro atoms. The Morgan fingerprint density at radius 1 is 1.33 bits per heavy atom. The summed E-state index contributed by atoms with van der Waals surface area (Å²) in [7, 11) is 0. The Morgan fingerprint density at radius 3 is 2.78 bits per heavy atom. The highest BCUT2D eigenvalue weighted by Crippen LogP contribution is 2.03. The molecule has 2 aromatic rings. The number of pyridine rings is 1. The number of carbonyl (C=O) groups excluding carboxylic acids is 2. The van der Waals surface area contributed by atoms with Gasteiger partial charge in [-0.3, -0.25) is 19.3 Å². The highest BCUT2D eigenvalue weighted by atomic mass is 16.1. The molecule has 0 saturated heterocycles. The molecule has 0 aliphatic carbocycles. The SMILES string of the molecule is Cc1ccn(CC(=O)CC(=O)c2cccnc2)n1. The number of Topliss-reactive ketones (excluding diaryl/α,β-unsaturated/α-hetero) is 2. The standard InChI is InChI=1S/C13H13N3O2/c1-10-4-6-16(15-10)9-12(17)7-13(18)11-3-2-5-14-8-11/h2-6,8H,7,9H2,1H3. The zero-order valence-corrected chi connectivity index (χ0v) is 10.0. The minimum absolute atomic E-state index is 0.120. The van der Waals surface area contributed by atoms with E-state index in [1.54, 1.807) is 24.5 Å². The highest BCUT2D eigenvalue weighted by molar-refractivity contribution is 6.07. The Bertz CT molecular complexity index is 561. The van der Waals surface area contributed by atoms with Crippen LogP contribution in [-0.4, -0.2) is 26.3 Å². The number of hydrogen-bond acceptors (Lipinski definition) is 4. The molecule has 0 aromatic carbocycles. The Morgan fingerprint density at radius 2 is 2.17 bits per heavy atom. The second-order valence-electron chi connectivity index (χ2n) is 4.04. The molecule has 0 aliphatic heterocycles. The van der Waals surface area contributed by atoms with Crippen molar-refractivity contribution in [3.63, 3.8) is 0 Å². The third-order valence-electron chi connectivity index (χ3n) is 2.45. The Hall–Kier alpha value is -2.30. The van der Waals surface area contributed by atoms with Gasteiger partial charge in [-0.2, -0.15) is 5.10 Å². The van der Waals surface area contributed by atoms with E-state index in [-0.39, 0.29) is 24.5 Å². The molecule has 2 aromatic heterocycles. The molecule has 92 valence electrons. The minimum atomic E-state index is -0.211. The van der Waals surface area contributed by atoms with E-state index in [1.165, 1.54) is 10.9 Å². The number of carbonyl (C=O) groups is 2. The first-order valence-electron chi connectivity index (χ1n) is 5.60. The molecule has 0 unspecified atom stereocenters. The highest BCUT2D eigenvalue weighted by Gasteiger charge is 2.12. The molecule has 5 nitrogen and oxygen atoms in total. The van der Waals surface area contributed by atoms with Crippen molar-refractivity contribution in [3.05, 3.63) is 48.0 Å². The van der Waals surface area contributed by atoms with Gasteiger partial charge < -0.3 is 0 Å². The summed E-state index contributed by atoms with van der Waals surface area (Å²) in [6.07, 6.45) is 4.66. The predicted octanol–water partition coefficient (Wildman–Crippen LogP) is 1.43. The van der Waals surface area contributed by atoms with Crippen LogP contribution in [0.3, 0.4) is 0 Å². The van der Waals surface area contributed by atoms with E-state index in [4.69, 9.17) is 0 Å². The van der Waals surface area contributed by atoms with Crippen molar-refractivity contribution < 1.29 is 9.59 Å². The van der Waals surface area contributed by atoms with Gasteiger partial charge in [-0.1, -0.05) is 0 Å². The maximum absolute atomic E-state index is 11.8. The topological polar surface area (TPSA) is 64.8 Å². The minimum Gasteiger partial charge on any atom is -0.297 e. The lowest BCUT2D eigenvalue weighted by molar-refractivity contribution is -0.118. The number of ketones is 2. The Balaban J connectivity index is 1.94. The van der Waals surface area contributed by atoms with Crippen LogP contribution in [0.2, 0.25) is 0 Å². The lowest BCUT2D eigenvalue weighted by Gasteiger charge is -2.01. The van der Waals surface area contributed by atoms with E-state index >= 15 is 0 Å². The molecule has 0 amide bonds. The van der Waals surface area contributed by atoms with Crippen molar-refractivity contribution in [1.29, 1.82) is 0 Å². The first-order chi connectivity index (χ1) is 8.65. The maximum Gasteiger partial charge on any atom is 0.171 e. The summed E-state index contributed by atoms with van der Waals surface area (Å²) < 4.78 is 1.54. The van der Waals surface area contributed by atoms with Gasteiger partial charge in [0.15, 0.2) is 11.6 Å². The quantitative estimate of drug-likeness (QED) is 0.588. The van der Waals surface area contributed by atoms with Crippen LogP contribution in [0, 0.1) is 6.92 Å². The van der Waals surface area contributed by atoms with Gasteiger partial charge in [0.2, 0.25) is 0 Å². The molecule has 0 aliphatic rings. The van der Waals surface area contributed by atoms with Crippen LogP contribution in [0.4, 0.5) is 0 Å². The molecule has 0 bridgehead atoms. The van der Waals surface area contributed by atoms with Crippen molar-refractivity contribution in [2.75, 3.05) is 0 Å². The molecule has 18 heavy (non-hydrogen) atoms. The molecule has 2 heterocycles. The zero-order chi connectivity index (χ0) is 13.0. The first kappa shape index (κ1) is 12.2. The number of nitrogens with zero attached hydrogens (tertiary/aromatic N) is 3. The van der Waals surface area contributed by atoms with Crippen LogP contribution < -0.4 is 0 Å². The van der Waals surface area contributed by atoms with Crippen LogP contribution in [0.25, 0.3) is 0 Å². The van der Waals surface area contributed by atoms with Gasteiger partial charge in [0.1, 0.15) is 0 Å². The van der Waals surface area contributed by atoms with Gasteiger partial charge in [0.05, 0.1) is 18.7 Å². The van der Waals surface area contributed by atoms with E-state index in [0.29, 0.717) is 5.56 Å².